The number of fused-ring (bicyclic) bond motifs is 1. The highest BCUT2D eigenvalue weighted by atomic mass is 16.5. The van der Waals surface area contributed by atoms with E-state index in [4.69, 9.17) is 14.5 Å². The average Bonchev–Trinajstić information content (AvgIpc) is 3.26. The number of allylic oxidation sites excluding steroid dienone is 1. The molecule has 0 aliphatic carbocycles. The molecule has 0 aliphatic heterocycles. The number of para-hydroxylation sites is 2. The molecule has 3 aromatic carbocycles. The fourth-order valence-corrected chi connectivity index (χ4v) is 4.46. The summed E-state index contributed by atoms with van der Waals surface area (Å²) in [5.41, 5.74) is 4.92. The lowest BCUT2D eigenvalue weighted by atomic mass is 10.1. The number of amides is 1. The minimum Gasteiger partial charge on any atom is -0.493 e. The Morgan fingerprint density at radius 3 is 2.68 bits per heavy atom. The molecule has 6 nitrogen and oxygen atoms in total. The molecule has 0 unspecified atom stereocenters. The van der Waals surface area contributed by atoms with Crippen LogP contribution in [0.1, 0.15) is 40.2 Å². The SMILES string of the molecule is C=CCc1ccc(OCCCCn2c(CCNC(=O)c3ccccc3C)nc3ccccc32)c(OC)c1. The van der Waals surface area contributed by atoms with Gasteiger partial charge < -0.3 is 19.4 Å². The van der Waals surface area contributed by atoms with Gasteiger partial charge in [-0.3, -0.25) is 4.79 Å². The van der Waals surface area contributed by atoms with Crippen molar-refractivity contribution in [3.05, 3.63) is 102 Å². The molecule has 0 saturated heterocycles. The van der Waals surface area contributed by atoms with Crippen molar-refractivity contribution in [1.29, 1.82) is 0 Å². The number of ether oxygens (including phenoxy) is 2. The van der Waals surface area contributed by atoms with Gasteiger partial charge in [0, 0.05) is 25.1 Å². The van der Waals surface area contributed by atoms with Gasteiger partial charge >= 0.3 is 0 Å². The Labute approximate surface area is 218 Å². The van der Waals surface area contributed by atoms with Gasteiger partial charge in [-0.25, -0.2) is 4.98 Å². The molecule has 0 saturated carbocycles. The summed E-state index contributed by atoms with van der Waals surface area (Å²) in [6, 6.07) is 21.8. The quantitative estimate of drug-likeness (QED) is 0.184. The Morgan fingerprint density at radius 1 is 1.05 bits per heavy atom. The van der Waals surface area contributed by atoms with Crippen molar-refractivity contribution in [2.75, 3.05) is 20.3 Å². The summed E-state index contributed by atoms with van der Waals surface area (Å²) in [4.78, 5) is 17.5. The summed E-state index contributed by atoms with van der Waals surface area (Å²) in [6.07, 6.45) is 5.18. The molecule has 1 amide bonds. The van der Waals surface area contributed by atoms with E-state index in [0.717, 1.165) is 65.3 Å². The molecule has 4 aromatic rings. The molecular weight excluding hydrogens is 462 g/mol. The van der Waals surface area contributed by atoms with Gasteiger partial charge in [-0.15, -0.1) is 6.58 Å². The van der Waals surface area contributed by atoms with Crippen LogP contribution in [-0.2, 0) is 19.4 Å². The first kappa shape index (κ1) is 26.0. The van der Waals surface area contributed by atoms with Gasteiger partial charge in [-0.2, -0.15) is 0 Å². The highest BCUT2D eigenvalue weighted by Gasteiger charge is 2.12. The summed E-state index contributed by atoms with van der Waals surface area (Å²) in [5.74, 6) is 2.43. The number of benzene rings is 3. The van der Waals surface area contributed by atoms with Crippen molar-refractivity contribution in [3.63, 3.8) is 0 Å². The molecule has 192 valence electrons. The Kier molecular flexibility index (Phi) is 8.98. The first-order valence-electron chi connectivity index (χ1n) is 12.8. The third kappa shape index (κ3) is 6.58. The molecule has 6 heteroatoms. The smallest absolute Gasteiger partial charge is 0.251 e. The van der Waals surface area contributed by atoms with Crippen molar-refractivity contribution in [1.82, 2.24) is 14.9 Å². The van der Waals surface area contributed by atoms with Crippen LogP contribution in [0.4, 0.5) is 0 Å². The zero-order valence-corrected chi connectivity index (χ0v) is 21.7. The van der Waals surface area contributed by atoms with Gasteiger partial charge in [0.2, 0.25) is 0 Å². The summed E-state index contributed by atoms with van der Waals surface area (Å²) in [6.45, 7) is 7.71. The standard InChI is InChI=1S/C31H35N3O3/c1-4-11-24-16-17-28(29(22-24)36-3)37-21-10-9-20-34-27-15-8-7-14-26(27)33-30(34)18-19-32-31(35)25-13-6-5-12-23(25)2/h4-8,12-17,22H,1,9-11,18-21H2,2-3H3,(H,32,35). The molecule has 0 radical (unpaired) electrons. The van der Waals surface area contributed by atoms with E-state index in [1.807, 2.05) is 73.7 Å². The third-order valence-electron chi connectivity index (χ3n) is 6.40. The number of imidazole rings is 1. The maximum absolute atomic E-state index is 12.6. The van der Waals surface area contributed by atoms with Crippen LogP contribution in [0.15, 0.2) is 79.4 Å². The number of nitrogens with zero attached hydrogens (tertiary/aromatic N) is 2. The van der Waals surface area contributed by atoms with Crippen LogP contribution in [0, 0.1) is 6.92 Å². The van der Waals surface area contributed by atoms with Gasteiger partial charge in [0.25, 0.3) is 5.91 Å². The van der Waals surface area contributed by atoms with Crippen molar-refractivity contribution in [2.45, 2.75) is 39.2 Å². The first-order valence-corrected chi connectivity index (χ1v) is 12.8. The number of unbranched alkanes of at least 4 members (excludes halogenated alkanes) is 1. The Hall–Kier alpha value is -4.06. The topological polar surface area (TPSA) is 65.4 Å². The molecule has 37 heavy (non-hydrogen) atoms. The van der Waals surface area contributed by atoms with E-state index >= 15 is 0 Å². The number of nitrogens with one attached hydrogen (secondary N) is 1. The molecular formula is C31H35N3O3. The van der Waals surface area contributed by atoms with Crippen LogP contribution < -0.4 is 14.8 Å². The first-order chi connectivity index (χ1) is 18.1. The highest BCUT2D eigenvalue weighted by Crippen LogP contribution is 2.28. The minimum absolute atomic E-state index is 0.0501. The fraction of sp³-hybridized carbons (Fsp3) is 0.290. The van der Waals surface area contributed by atoms with Crippen LogP contribution >= 0.6 is 0 Å². The maximum atomic E-state index is 12.6. The summed E-state index contributed by atoms with van der Waals surface area (Å²) in [7, 11) is 1.66. The molecule has 1 N–H and O–H groups in total. The van der Waals surface area contributed by atoms with Crippen molar-refractivity contribution in [3.8, 4) is 11.5 Å². The lowest BCUT2D eigenvalue weighted by Gasteiger charge is -2.13. The molecule has 1 aromatic heterocycles. The molecule has 0 bridgehead atoms. The molecule has 4 rings (SSSR count). The van der Waals surface area contributed by atoms with Crippen LogP contribution in [0.2, 0.25) is 0 Å². The van der Waals surface area contributed by atoms with E-state index in [9.17, 15) is 4.79 Å². The van der Waals surface area contributed by atoms with Crippen LogP contribution in [0.25, 0.3) is 11.0 Å². The van der Waals surface area contributed by atoms with E-state index in [2.05, 4.69) is 22.5 Å². The normalized spacial score (nSPS) is 10.9. The Morgan fingerprint density at radius 2 is 1.86 bits per heavy atom. The van der Waals surface area contributed by atoms with Crippen molar-refractivity contribution in [2.24, 2.45) is 0 Å². The Balaban J connectivity index is 1.33. The average molecular weight is 498 g/mol. The number of hydrogen-bond donors (Lipinski definition) is 1. The number of carbonyl (C=O) groups excluding carboxylic acids is 1. The number of methoxy groups -OCH3 is 1. The summed E-state index contributed by atoms with van der Waals surface area (Å²) >= 11 is 0. The number of aryl methyl sites for hydroxylation is 2. The molecule has 0 spiro atoms. The second-order valence-electron chi connectivity index (χ2n) is 9.02. The summed E-state index contributed by atoms with van der Waals surface area (Å²) in [5, 5.41) is 3.05. The second kappa shape index (κ2) is 12.8. The summed E-state index contributed by atoms with van der Waals surface area (Å²) < 4.78 is 13.8. The zero-order valence-electron chi connectivity index (χ0n) is 21.7. The van der Waals surface area contributed by atoms with E-state index in [1.54, 1.807) is 7.11 Å². The fourth-order valence-electron chi connectivity index (χ4n) is 4.46. The van der Waals surface area contributed by atoms with E-state index in [0.29, 0.717) is 25.1 Å². The monoisotopic (exact) mass is 497 g/mol. The van der Waals surface area contributed by atoms with Gasteiger partial charge in [0.15, 0.2) is 11.5 Å². The van der Waals surface area contributed by atoms with Gasteiger partial charge in [-0.1, -0.05) is 42.5 Å². The number of carbonyl (C=O) groups is 1. The van der Waals surface area contributed by atoms with Gasteiger partial charge in [0.1, 0.15) is 5.82 Å². The van der Waals surface area contributed by atoms with E-state index in [-0.39, 0.29) is 5.91 Å². The molecule has 0 fully saturated rings. The van der Waals surface area contributed by atoms with Crippen molar-refractivity contribution >= 4 is 16.9 Å². The van der Waals surface area contributed by atoms with Gasteiger partial charge in [-0.05, 0) is 67.6 Å². The zero-order chi connectivity index (χ0) is 26.0. The van der Waals surface area contributed by atoms with Crippen LogP contribution in [0.5, 0.6) is 11.5 Å². The molecule has 0 aliphatic rings. The lowest BCUT2D eigenvalue weighted by Crippen LogP contribution is -2.27. The number of rotatable bonds is 13. The minimum atomic E-state index is -0.0501. The number of hydrogen-bond acceptors (Lipinski definition) is 4. The number of aromatic nitrogens is 2. The van der Waals surface area contributed by atoms with Crippen LogP contribution in [0.3, 0.4) is 0 Å². The third-order valence-corrected chi connectivity index (χ3v) is 6.40. The van der Waals surface area contributed by atoms with E-state index in [1.165, 1.54) is 0 Å². The predicted molar refractivity (Wildman–Crippen MR) is 149 cm³/mol. The lowest BCUT2D eigenvalue weighted by molar-refractivity contribution is 0.0953. The van der Waals surface area contributed by atoms with Crippen molar-refractivity contribution < 1.29 is 14.3 Å². The van der Waals surface area contributed by atoms with E-state index < -0.39 is 0 Å². The Bertz CT molecular complexity index is 1360. The van der Waals surface area contributed by atoms with Gasteiger partial charge in [0.05, 0.1) is 24.8 Å². The molecule has 1 heterocycles. The maximum Gasteiger partial charge on any atom is 0.251 e. The largest absolute Gasteiger partial charge is 0.493 e. The predicted octanol–water partition coefficient (Wildman–Crippen LogP) is 5.91. The van der Waals surface area contributed by atoms with Crippen LogP contribution in [-0.4, -0.2) is 35.7 Å². The second-order valence-corrected chi connectivity index (χ2v) is 9.02. The highest BCUT2D eigenvalue weighted by molar-refractivity contribution is 5.95. The molecule has 0 atom stereocenters.